The van der Waals surface area contributed by atoms with Crippen LogP contribution in [0.15, 0.2) is 22.1 Å². The molecule has 28 heavy (non-hydrogen) atoms. The molecule has 0 radical (unpaired) electrons. The Morgan fingerprint density at radius 2 is 2.00 bits per heavy atom. The monoisotopic (exact) mass is 406 g/mol. The highest BCUT2D eigenvalue weighted by atomic mass is 32.1. The van der Waals surface area contributed by atoms with E-state index in [0.29, 0.717) is 54.7 Å². The number of methoxy groups -OCH3 is 1. The number of carbonyl (C=O) groups excluding carboxylic acids is 3. The first kappa shape index (κ1) is 19.9. The van der Waals surface area contributed by atoms with Crippen molar-refractivity contribution in [1.29, 1.82) is 0 Å². The summed E-state index contributed by atoms with van der Waals surface area (Å²) in [7, 11) is 1.35. The third-order valence-corrected chi connectivity index (χ3v) is 5.30. The Morgan fingerprint density at radius 1 is 1.25 bits per heavy atom. The number of nitrogens with zero attached hydrogens (tertiary/aromatic N) is 3. The van der Waals surface area contributed by atoms with Crippen LogP contribution in [0.2, 0.25) is 0 Å². The molecular weight excluding hydrogens is 384 g/mol. The van der Waals surface area contributed by atoms with Crippen LogP contribution in [-0.4, -0.2) is 66.0 Å². The quantitative estimate of drug-likeness (QED) is 0.834. The van der Waals surface area contributed by atoms with Gasteiger partial charge in [0.1, 0.15) is 5.76 Å². The summed E-state index contributed by atoms with van der Waals surface area (Å²) in [5.74, 6) is 0.182. The highest BCUT2D eigenvalue weighted by Gasteiger charge is 2.23. The van der Waals surface area contributed by atoms with Gasteiger partial charge in [0.2, 0.25) is 5.91 Å². The maximum Gasteiger partial charge on any atom is 0.409 e. The molecule has 3 rings (SSSR count). The second-order valence-electron chi connectivity index (χ2n) is 6.36. The molecule has 0 spiro atoms. The van der Waals surface area contributed by atoms with Crippen LogP contribution in [0.1, 0.15) is 28.2 Å². The summed E-state index contributed by atoms with van der Waals surface area (Å²) in [4.78, 5) is 44.1. The number of aromatic nitrogens is 1. The summed E-state index contributed by atoms with van der Waals surface area (Å²) in [5, 5.41) is 4.91. The highest BCUT2D eigenvalue weighted by molar-refractivity contribution is 7.14. The average Bonchev–Trinajstić information content (AvgIpc) is 3.22. The number of aryl methyl sites for hydroxylation is 1. The van der Waals surface area contributed by atoms with Gasteiger partial charge in [0.15, 0.2) is 5.13 Å². The normalized spacial score (nSPS) is 14.5. The maximum atomic E-state index is 12.6. The van der Waals surface area contributed by atoms with Gasteiger partial charge in [-0.05, 0) is 19.4 Å². The molecule has 0 aliphatic carbocycles. The van der Waals surface area contributed by atoms with Crippen LogP contribution in [0.25, 0.3) is 0 Å². The van der Waals surface area contributed by atoms with E-state index in [-0.39, 0.29) is 24.3 Å². The van der Waals surface area contributed by atoms with Crippen LogP contribution >= 0.6 is 11.3 Å². The lowest BCUT2D eigenvalue weighted by Crippen LogP contribution is -2.37. The molecule has 1 aliphatic rings. The second kappa shape index (κ2) is 8.87. The van der Waals surface area contributed by atoms with E-state index in [4.69, 9.17) is 9.15 Å². The first-order valence-electron chi connectivity index (χ1n) is 8.88. The Bertz CT molecular complexity index is 862. The van der Waals surface area contributed by atoms with Crippen LogP contribution in [0.3, 0.4) is 0 Å². The lowest BCUT2D eigenvalue weighted by molar-refractivity contribution is -0.130. The Labute approximate surface area is 166 Å². The summed E-state index contributed by atoms with van der Waals surface area (Å²) < 4.78 is 9.87. The molecule has 0 unspecified atom stereocenters. The topological polar surface area (TPSA) is 105 Å². The summed E-state index contributed by atoms with van der Waals surface area (Å²) in [6, 6.07) is 1.60. The number of nitrogens with one attached hydrogen (secondary N) is 1. The molecule has 1 fully saturated rings. The Kier molecular flexibility index (Phi) is 6.30. The third kappa shape index (κ3) is 4.69. The van der Waals surface area contributed by atoms with Crippen molar-refractivity contribution >= 4 is 34.4 Å². The third-order valence-electron chi connectivity index (χ3n) is 4.49. The molecule has 0 aromatic carbocycles. The van der Waals surface area contributed by atoms with E-state index >= 15 is 0 Å². The van der Waals surface area contributed by atoms with Crippen LogP contribution in [0.4, 0.5) is 9.93 Å². The van der Waals surface area contributed by atoms with E-state index in [0.717, 1.165) is 0 Å². The molecule has 0 saturated carbocycles. The van der Waals surface area contributed by atoms with Gasteiger partial charge in [-0.25, -0.2) is 9.78 Å². The van der Waals surface area contributed by atoms with Crippen LogP contribution in [0.5, 0.6) is 0 Å². The standard InChI is InChI=1S/C18H22N4O5S/c1-12-14(4-9-27-12)16(24)20-17-19-13(11-28-17)10-15(23)21-5-3-6-22(8-7-21)18(25)26-2/h4,9,11H,3,5-8,10H2,1-2H3,(H,19,20,24). The van der Waals surface area contributed by atoms with Gasteiger partial charge in [0.25, 0.3) is 5.91 Å². The molecule has 2 aromatic heterocycles. The van der Waals surface area contributed by atoms with Crippen molar-refractivity contribution in [3.05, 3.63) is 34.7 Å². The number of furan rings is 1. The van der Waals surface area contributed by atoms with E-state index in [1.807, 2.05) is 0 Å². The zero-order valence-electron chi connectivity index (χ0n) is 15.8. The fourth-order valence-corrected chi connectivity index (χ4v) is 3.68. The van der Waals surface area contributed by atoms with Gasteiger partial charge in [-0.1, -0.05) is 0 Å². The first-order chi connectivity index (χ1) is 13.5. The number of rotatable bonds is 4. The minimum Gasteiger partial charge on any atom is -0.469 e. The second-order valence-corrected chi connectivity index (χ2v) is 7.21. The van der Waals surface area contributed by atoms with Crippen molar-refractivity contribution in [2.24, 2.45) is 0 Å². The Morgan fingerprint density at radius 3 is 2.71 bits per heavy atom. The van der Waals surface area contributed by atoms with E-state index in [1.165, 1.54) is 24.7 Å². The summed E-state index contributed by atoms with van der Waals surface area (Å²) in [6.07, 6.45) is 1.93. The molecule has 3 heterocycles. The van der Waals surface area contributed by atoms with Crippen molar-refractivity contribution in [2.75, 3.05) is 38.6 Å². The number of hydrogen-bond donors (Lipinski definition) is 1. The summed E-state index contributed by atoms with van der Waals surface area (Å²) >= 11 is 1.27. The molecule has 10 heteroatoms. The molecule has 3 amide bonds. The number of thiazole rings is 1. The molecule has 1 N–H and O–H groups in total. The molecule has 150 valence electrons. The van der Waals surface area contributed by atoms with Crippen molar-refractivity contribution in [3.63, 3.8) is 0 Å². The zero-order chi connectivity index (χ0) is 20.1. The van der Waals surface area contributed by atoms with E-state index in [2.05, 4.69) is 10.3 Å². The van der Waals surface area contributed by atoms with Gasteiger partial charge in [0.05, 0.1) is 31.1 Å². The van der Waals surface area contributed by atoms with E-state index in [9.17, 15) is 14.4 Å². The highest BCUT2D eigenvalue weighted by Crippen LogP contribution is 2.19. The number of ether oxygens (including phenoxy) is 1. The molecule has 1 saturated heterocycles. The van der Waals surface area contributed by atoms with Crippen molar-refractivity contribution in [2.45, 2.75) is 19.8 Å². The Hall–Kier alpha value is -2.88. The van der Waals surface area contributed by atoms with Gasteiger partial charge in [-0.15, -0.1) is 11.3 Å². The van der Waals surface area contributed by atoms with Gasteiger partial charge < -0.3 is 19.0 Å². The van der Waals surface area contributed by atoms with E-state index in [1.54, 1.807) is 28.2 Å². The van der Waals surface area contributed by atoms with E-state index < -0.39 is 0 Å². The predicted octanol–water partition coefficient (Wildman–Crippen LogP) is 2.14. The van der Waals surface area contributed by atoms with Crippen molar-refractivity contribution < 1.29 is 23.5 Å². The average molecular weight is 406 g/mol. The van der Waals surface area contributed by atoms with Gasteiger partial charge >= 0.3 is 6.09 Å². The van der Waals surface area contributed by atoms with Crippen molar-refractivity contribution in [1.82, 2.24) is 14.8 Å². The molecule has 9 nitrogen and oxygen atoms in total. The predicted molar refractivity (Wildman–Crippen MR) is 102 cm³/mol. The van der Waals surface area contributed by atoms with Gasteiger partial charge in [-0.2, -0.15) is 0 Å². The molecular formula is C18H22N4O5S. The van der Waals surface area contributed by atoms with Crippen molar-refractivity contribution in [3.8, 4) is 0 Å². The summed E-state index contributed by atoms with van der Waals surface area (Å²) in [5.41, 5.74) is 1.05. The molecule has 0 atom stereocenters. The smallest absolute Gasteiger partial charge is 0.409 e. The number of amides is 3. The fourth-order valence-electron chi connectivity index (χ4n) is 2.98. The largest absolute Gasteiger partial charge is 0.469 e. The van der Waals surface area contributed by atoms with Crippen LogP contribution in [0, 0.1) is 6.92 Å². The molecule has 2 aromatic rings. The molecule has 0 bridgehead atoms. The number of anilines is 1. The minimum atomic E-state index is -0.373. The lowest BCUT2D eigenvalue weighted by atomic mass is 10.2. The van der Waals surface area contributed by atoms with Gasteiger partial charge in [0, 0.05) is 31.6 Å². The SMILES string of the molecule is COC(=O)N1CCCN(C(=O)Cc2csc(NC(=O)c3ccoc3C)n2)CC1. The summed E-state index contributed by atoms with van der Waals surface area (Å²) in [6.45, 7) is 3.77. The Balaban J connectivity index is 1.54. The number of hydrogen-bond acceptors (Lipinski definition) is 7. The maximum absolute atomic E-state index is 12.6. The molecule has 1 aliphatic heterocycles. The van der Waals surface area contributed by atoms with Gasteiger partial charge in [-0.3, -0.25) is 14.9 Å². The minimum absolute atomic E-state index is 0.0550. The van der Waals surface area contributed by atoms with Crippen LogP contribution < -0.4 is 5.32 Å². The lowest BCUT2D eigenvalue weighted by Gasteiger charge is -2.21. The fraction of sp³-hybridized carbons (Fsp3) is 0.444. The number of carbonyl (C=O) groups is 3. The van der Waals surface area contributed by atoms with Crippen LogP contribution in [-0.2, 0) is 16.0 Å². The zero-order valence-corrected chi connectivity index (χ0v) is 16.6. The first-order valence-corrected chi connectivity index (χ1v) is 9.76.